The van der Waals surface area contributed by atoms with E-state index in [1.54, 1.807) is 29.1 Å². The zero-order valence-electron chi connectivity index (χ0n) is 23.5. The molecule has 4 saturated carbocycles. The van der Waals surface area contributed by atoms with Crippen LogP contribution in [0.5, 0.6) is 0 Å². The van der Waals surface area contributed by atoms with Crippen LogP contribution >= 0.6 is 0 Å². The number of aliphatic hydroxyl groups is 1. The standard InChI is InChI=1S/C26H32N2O5.C6H12/c1-25-8-7-17(29)11-16(25)3-4-18-19-5-6-20(26(19,2)12-21(30)24(18)25)22(31)14-33-23(32)13-28-10-9-27-15-28;1-2-4-6-5-3-1/h7-11,15,18-21,24,30H,3-6,12-14H2,1-2H3;1-6H2. The van der Waals surface area contributed by atoms with Gasteiger partial charge in [0.2, 0.25) is 0 Å². The van der Waals surface area contributed by atoms with Gasteiger partial charge in [0, 0.05) is 29.6 Å². The molecule has 0 saturated heterocycles. The molecule has 0 aliphatic heterocycles. The summed E-state index contributed by atoms with van der Waals surface area (Å²) in [5.74, 6) is 0.0175. The molecule has 7 unspecified atom stereocenters. The average molecular weight is 537 g/mol. The van der Waals surface area contributed by atoms with Gasteiger partial charge in [-0.15, -0.1) is 0 Å². The molecule has 6 rings (SSSR count). The van der Waals surface area contributed by atoms with E-state index in [4.69, 9.17) is 4.74 Å². The fourth-order valence-corrected chi connectivity index (χ4v) is 8.74. The SMILES string of the molecule is C1CCCCC1.CC12C=CC(=O)C=C1CCC1C2C(O)CC2(C)C(C(=O)COC(=O)Cn3ccnc3)CCC12. The van der Waals surface area contributed by atoms with E-state index in [-0.39, 0.29) is 47.4 Å². The van der Waals surface area contributed by atoms with Crippen molar-refractivity contribution in [1.29, 1.82) is 0 Å². The van der Waals surface area contributed by atoms with Crippen LogP contribution in [0.25, 0.3) is 0 Å². The third kappa shape index (κ3) is 5.57. The number of ether oxygens (including phenoxy) is 1. The highest BCUT2D eigenvalue weighted by Crippen LogP contribution is 2.66. The van der Waals surface area contributed by atoms with E-state index < -0.39 is 12.1 Å². The van der Waals surface area contributed by atoms with Crippen LogP contribution in [-0.2, 0) is 25.7 Å². The molecule has 0 radical (unpaired) electrons. The van der Waals surface area contributed by atoms with Gasteiger partial charge in [-0.3, -0.25) is 14.4 Å². The molecule has 1 aromatic rings. The van der Waals surface area contributed by atoms with E-state index in [2.05, 4.69) is 18.8 Å². The molecule has 39 heavy (non-hydrogen) atoms. The number of hydrogen-bond donors (Lipinski definition) is 1. The van der Waals surface area contributed by atoms with Gasteiger partial charge in [-0.25, -0.2) is 4.98 Å². The average Bonchev–Trinajstić information content (AvgIpc) is 3.56. The molecule has 1 aromatic heterocycles. The molecule has 1 N–H and O–H groups in total. The number of rotatable bonds is 5. The Morgan fingerprint density at radius 1 is 1.10 bits per heavy atom. The van der Waals surface area contributed by atoms with Crippen LogP contribution < -0.4 is 0 Å². The smallest absolute Gasteiger partial charge is 0.326 e. The second-order valence-electron chi connectivity index (χ2n) is 12.9. The lowest BCUT2D eigenvalue weighted by molar-refractivity contribution is -0.154. The van der Waals surface area contributed by atoms with Gasteiger partial charge in [-0.2, -0.15) is 0 Å². The molecule has 7 heteroatoms. The van der Waals surface area contributed by atoms with E-state index in [0.717, 1.165) is 31.3 Å². The Kier molecular flexibility index (Phi) is 8.27. The molecule has 0 aromatic carbocycles. The Morgan fingerprint density at radius 3 is 2.49 bits per heavy atom. The Balaban J connectivity index is 0.000000455. The van der Waals surface area contributed by atoms with Gasteiger partial charge in [-0.05, 0) is 61.5 Å². The molecular weight excluding hydrogens is 492 g/mol. The van der Waals surface area contributed by atoms with Crippen molar-refractivity contribution < 1.29 is 24.2 Å². The molecule has 0 spiro atoms. The highest BCUT2D eigenvalue weighted by atomic mass is 16.5. The van der Waals surface area contributed by atoms with Crippen molar-refractivity contribution in [3.05, 3.63) is 42.5 Å². The van der Waals surface area contributed by atoms with Gasteiger partial charge in [-0.1, -0.05) is 64.0 Å². The van der Waals surface area contributed by atoms with E-state index in [9.17, 15) is 19.5 Å². The number of ketones is 2. The number of imidazole rings is 1. The van der Waals surface area contributed by atoms with Gasteiger partial charge < -0.3 is 14.4 Å². The minimum Gasteiger partial charge on any atom is -0.456 e. The topological polar surface area (TPSA) is 98.5 Å². The van der Waals surface area contributed by atoms with Crippen LogP contribution in [0, 0.1) is 34.5 Å². The Hall–Kier alpha value is -2.54. The summed E-state index contributed by atoms with van der Waals surface area (Å²) < 4.78 is 6.90. The lowest BCUT2D eigenvalue weighted by Crippen LogP contribution is -2.56. The van der Waals surface area contributed by atoms with Crippen LogP contribution in [0.3, 0.4) is 0 Å². The monoisotopic (exact) mass is 536 g/mol. The zero-order chi connectivity index (χ0) is 27.6. The maximum absolute atomic E-state index is 13.2. The van der Waals surface area contributed by atoms with Gasteiger partial charge in [0.05, 0.1) is 12.4 Å². The number of Topliss-reactive ketones (excluding diaryl/α,β-unsaturated/α-hetero) is 1. The number of carbonyl (C=O) groups is 3. The normalized spacial score (nSPS) is 36.9. The second-order valence-corrected chi connectivity index (χ2v) is 12.9. The molecule has 212 valence electrons. The largest absolute Gasteiger partial charge is 0.456 e. The first kappa shape index (κ1) is 28.0. The quantitative estimate of drug-likeness (QED) is 0.518. The highest BCUT2D eigenvalue weighted by Gasteiger charge is 2.62. The molecular formula is C32H44N2O5. The van der Waals surface area contributed by atoms with Crippen LogP contribution in [0.4, 0.5) is 0 Å². The summed E-state index contributed by atoms with van der Waals surface area (Å²) in [5.41, 5.74) is 0.525. The minimum atomic E-state index is -0.542. The lowest BCUT2D eigenvalue weighted by atomic mass is 9.46. The predicted octanol–water partition coefficient (Wildman–Crippen LogP) is 5.23. The van der Waals surface area contributed by atoms with Crippen molar-refractivity contribution in [3.8, 4) is 0 Å². The number of hydrogen-bond acceptors (Lipinski definition) is 6. The molecule has 1 heterocycles. The first-order valence-electron chi connectivity index (χ1n) is 15.0. The predicted molar refractivity (Wildman–Crippen MR) is 147 cm³/mol. The van der Waals surface area contributed by atoms with Crippen LogP contribution in [0.15, 0.2) is 42.5 Å². The van der Waals surface area contributed by atoms with Gasteiger partial charge >= 0.3 is 5.97 Å². The number of aliphatic hydroxyl groups excluding tert-OH is 1. The summed E-state index contributed by atoms with van der Waals surface area (Å²) >= 11 is 0. The Bertz CT molecular complexity index is 1110. The molecule has 7 nitrogen and oxygen atoms in total. The first-order chi connectivity index (χ1) is 18.7. The number of allylic oxidation sites excluding steroid dienone is 4. The number of nitrogens with zero attached hydrogens (tertiary/aromatic N) is 2. The van der Waals surface area contributed by atoms with E-state index in [1.165, 1.54) is 44.9 Å². The number of fused-ring (bicyclic) bond motifs is 5. The summed E-state index contributed by atoms with van der Waals surface area (Å²) in [6, 6.07) is 0. The summed E-state index contributed by atoms with van der Waals surface area (Å²) in [5, 5.41) is 11.4. The van der Waals surface area contributed by atoms with Gasteiger partial charge in [0.25, 0.3) is 0 Å². The molecule has 0 bridgehead atoms. The van der Waals surface area contributed by atoms with Gasteiger partial charge in [0.1, 0.15) is 13.2 Å². The lowest BCUT2D eigenvalue weighted by Gasteiger charge is -2.58. The van der Waals surface area contributed by atoms with Crippen molar-refractivity contribution in [2.24, 2.45) is 34.5 Å². The molecule has 5 aliphatic carbocycles. The van der Waals surface area contributed by atoms with E-state index in [1.807, 2.05) is 6.08 Å². The summed E-state index contributed by atoms with van der Waals surface area (Å²) in [7, 11) is 0. The van der Waals surface area contributed by atoms with Crippen LogP contribution in [-0.4, -0.2) is 44.9 Å². The maximum Gasteiger partial charge on any atom is 0.326 e. The maximum atomic E-state index is 13.2. The molecule has 5 aliphatic rings. The van der Waals surface area contributed by atoms with Crippen molar-refractivity contribution in [2.75, 3.05) is 6.61 Å². The summed E-state index contributed by atoms with van der Waals surface area (Å²) in [6.07, 6.45) is 22.7. The molecule has 7 atom stereocenters. The first-order valence-corrected chi connectivity index (χ1v) is 15.0. The fraction of sp³-hybridized carbons (Fsp3) is 0.688. The van der Waals surface area contributed by atoms with E-state index >= 15 is 0 Å². The van der Waals surface area contributed by atoms with Crippen molar-refractivity contribution in [2.45, 2.75) is 97.1 Å². The summed E-state index contributed by atoms with van der Waals surface area (Å²) in [4.78, 5) is 41.1. The zero-order valence-corrected chi connectivity index (χ0v) is 23.5. The third-order valence-electron chi connectivity index (χ3n) is 10.6. The Morgan fingerprint density at radius 2 is 1.82 bits per heavy atom. The fourth-order valence-electron chi connectivity index (χ4n) is 8.74. The number of esters is 1. The number of aromatic nitrogens is 2. The van der Waals surface area contributed by atoms with Crippen molar-refractivity contribution in [3.63, 3.8) is 0 Å². The minimum absolute atomic E-state index is 0.0325. The second kappa shape index (κ2) is 11.5. The Labute approximate surface area is 232 Å². The highest BCUT2D eigenvalue weighted by molar-refractivity contribution is 6.01. The van der Waals surface area contributed by atoms with Gasteiger partial charge in [0.15, 0.2) is 11.6 Å². The molecule has 0 amide bonds. The van der Waals surface area contributed by atoms with Crippen molar-refractivity contribution in [1.82, 2.24) is 9.55 Å². The number of carbonyl (C=O) groups excluding carboxylic acids is 3. The van der Waals surface area contributed by atoms with Crippen LogP contribution in [0.1, 0.15) is 84.5 Å². The summed E-state index contributed by atoms with van der Waals surface area (Å²) in [6.45, 7) is 4.11. The third-order valence-corrected chi connectivity index (χ3v) is 10.6. The van der Waals surface area contributed by atoms with E-state index in [0.29, 0.717) is 18.3 Å². The molecule has 4 fully saturated rings. The van der Waals surface area contributed by atoms with Crippen LogP contribution in [0.2, 0.25) is 0 Å². The van der Waals surface area contributed by atoms with Crippen molar-refractivity contribution >= 4 is 17.5 Å².